The van der Waals surface area contributed by atoms with Crippen LogP contribution in [-0.4, -0.2) is 46.1 Å². The van der Waals surface area contributed by atoms with Gasteiger partial charge in [0.25, 0.3) is 0 Å². The zero-order chi connectivity index (χ0) is 20.3. The number of benzene rings is 1. The van der Waals surface area contributed by atoms with E-state index in [1.807, 2.05) is 10.6 Å². The van der Waals surface area contributed by atoms with Gasteiger partial charge in [0.1, 0.15) is 10.8 Å². The number of aromatic nitrogens is 4. The van der Waals surface area contributed by atoms with Gasteiger partial charge < -0.3 is 9.64 Å². The zero-order valence-electron chi connectivity index (χ0n) is 15.9. The number of thiazole rings is 1. The summed E-state index contributed by atoms with van der Waals surface area (Å²) in [7, 11) is 0. The summed E-state index contributed by atoms with van der Waals surface area (Å²) >= 11 is 4.86. The molecule has 10 heteroatoms. The maximum Gasteiger partial charge on any atom is 0.232 e. The fourth-order valence-corrected chi connectivity index (χ4v) is 5.67. The molecule has 1 aromatic carbocycles. The van der Waals surface area contributed by atoms with E-state index in [4.69, 9.17) is 9.72 Å². The van der Waals surface area contributed by atoms with E-state index in [0.29, 0.717) is 35.8 Å². The molecule has 0 saturated carbocycles. The highest BCUT2D eigenvalue weighted by Gasteiger charge is 2.22. The summed E-state index contributed by atoms with van der Waals surface area (Å²) in [6, 6.07) is 8.61. The Morgan fingerprint density at radius 2 is 2.03 bits per heavy atom. The van der Waals surface area contributed by atoms with Gasteiger partial charge >= 0.3 is 0 Å². The highest BCUT2D eigenvalue weighted by Crippen LogP contribution is 2.31. The first-order chi connectivity index (χ1) is 14.8. The molecule has 30 heavy (non-hydrogen) atoms. The Kier molecular flexibility index (Phi) is 5.80. The van der Waals surface area contributed by atoms with Crippen LogP contribution in [0.2, 0.25) is 0 Å². The first-order valence-electron chi connectivity index (χ1n) is 9.42. The van der Waals surface area contributed by atoms with Gasteiger partial charge in [-0.3, -0.25) is 4.57 Å². The van der Waals surface area contributed by atoms with Gasteiger partial charge in [0.05, 0.1) is 24.6 Å². The lowest BCUT2D eigenvalue weighted by molar-refractivity contribution is 0.122. The molecule has 0 spiro atoms. The van der Waals surface area contributed by atoms with Gasteiger partial charge in [-0.25, -0.2) is 9.37 Å². The standard InChI is InChI=1S/C20H18FN5OS3/c21-15-2-1-3-17(10-15)26-19(25-5-7-27-8-6-25)23-24-20(26)30-13-16-12-29-18(22-16)14-4-9-28-11-14/h1-4,9-12H,5-8,13H2. The fraction of sp³-hybridized carbons (Fsp3) is 0.250. The largest absolute Gasteiger partial charge is 0.378 e. The molecule has 0 bridgehead atoms. The molecule has 6 nitrogen and oxygen atoms in total. The van der Waals surface area contributed by atoms with Crippen LogP contribution in [0, 0.1) is 5.82 Å². The summed E-state index contributed by atoms with van der Waals surface area (Å²) in [5.41, 5.74) is 2.85. The van der Waals surface area contributed by atoms with Crippen LogP contribution < -0.4 is 4.90 Å². The maximum absolute atomic E-state index is 14.0. The van der Waals surface area contributed by atoms with Crippen LogP contribution in [0.1, 0.15) is 5.69 Å². The minimum Gasteiger partial charge on any atom is -0.378 e. The van der Waals surface area contributed by atoms with Crippen molar-refractivity contribution in [3.63, 3.8) is 0 Å². The number of morpholine rings is 1. The summed E-state index contributed by atoms with van der Waals surface area (Å²) in [6.07, 6.45) is 0. The molecule has 0 aliphatic carbocycles. The van der Waals surface area contributed by atoms with E-state index in [9.17, 15) is 4.39 Å². The third-order valence-electron chi connectivity index (χ3n) is 4.65. The Bertz CT molecular complexity index is 1120. The van der Waals surface area contributed by atoms with Crippen molar-refractivity contribution in [2.45, 2.75) is 10.9 Å². The van der Waals surface area contributed by atoms with E-state index >= 15 is 0 Å². The highest BCUT2D eigenvalue weighted by atomic mass is 32.2. The Morgan fingerprint density at radius 1 is 1.13 bits per heavy atom. The van der Waals surface area contributed by atoms with Crippen molar-refractivity contribution in [2.75, 3.05) is 31.2 Å². The quantitative estimate of drug-likeness (QED) is 0.389. The molecule has 0 N–H and O–H groups in total. The van der Waals surface area contributed by atoms with Crippen molar-refractivity contribution < 1.29 is 9.13 Å². The van der Waals surface area contributed by atoms with E-state index in [1.54, 1.807) is 40.5 Å². The lowest BCUT2D eigenvalue weighted by atomic mass is 10.3. The van der Waals surface area contributed by atoms with Crippen LogP contribution in [-0.2, 0) is 10.5 Å². The predicted molar refractivity (Wildman–Crippen MR) is 119 cm³/mol. The molecule has 1 aliphatic heterocycles. The minimum absolute atomic E-state index is 0.287. The number of halogens is 1. The van der Waals surface area contributed by atoms with Crippen molar-refractivity contribution in [3.05, 3.63) is 58.0 Å². The second kappa shape index (κ2) is 8.84. The molecular weight excluding hydrogens is 441 g/mol. The molecule has 3 aromatic heterocycles. The molecule has 154 valence electrons. The summed E-state index contributed by atoms with van der Waals surface area (Å²) in [6.45, 7) is 2.74. The van der Waals surface area contributed by atoms with E-state index in [1.165, 1.54) is 12.1 Å². The Morgan fingerprint density at radius 3 is 2.83 bits per heavy atom. The second-order valence-corrected chi connectivity index (χ2v) is 9.22. The smallest absolute Gasteiger partial charge is 0.232 e. The van der Waals surface area contributed by atoms with Gasteiger partial charge in [0.2, 0.25) is 5.95 Å². The van der Waals surface area contributed by atoms with Gasteiger partial charge in [-0.05, 0) is 29.6 Å². The zero-order valence-corrected chi connectivity index (χ0v) is 18.4. The number of hydrogen-bond acceptors (Lipinski definition) is 8. The van der Waals surface area contributed by atoms with Crippen LogP contribution in [0.4, 0.5) is 10.3 Å². The SMILES string of the molecule is Fc1cccc(-n2c(SCc3csc(-c4ccsc4)n3)nnc2N2CCOCC2)c1. The fourth-order valence-electron chi connectivity index (χ4n) is 3.20. The Balaban J connectivity index is 1.42. The van der Waals surface area contributed by atoms with E-state index < -0.39 is 0 Å². The summed E-state index contributed by atoms with van der Waals surface area (Å²) in [4.78, 5) is 6.87. The van der Waals surface area contributed by atoms with Crippen LogP contribution in [0.15, 0.2) is 51.6 Å². The van der Waals surface area contributed by atoms with Crippen molar-refractivity contribution in [1.29, 1.82) is 0 Å². The summed E-state index contributed by atoms with van der Waals surface area (Å²) < 4.78 is 21.3. The summed E-state index contributed by atoms with van der Waals surface area (Å²) in [5.74, 6) is 1.09. The van der Waals surface area contributed by atoms with E-state index in [2.05, 4.69) is 37.3 Å². The van der Waals surface area contributed by atoms with Crippen LogP contribution in [0.5, 0.6) is 0 Å². The van der Waals surface area contributed by atoms with Gasteiger partial charge in [0.15, 0.2) is 5.16 Å². The molecule has 4 heterocycles. The topological polar surface area (TPSA) is 56.1 Å². The summed E-state index contributed by atoms with van der Waals surface area (Å²) in [5, 5.41) is 16.8. The van der Waals surface area contributed by atoms with Gasteiger partial charge in [-0.15, -0.1) is 21.5 Å². The second-order valence-electron chi connectivity index (χ2n) is 6.64. The van der Waals surface area contributed by atoms with Crippen molar-refractivity contribution >= 4 is 40.4 Å². The predicted octanol–water partition coefficient (Wildman–Crippen LogP) is 4.72. The highest BCUT2D eigenvalue weighted by molar-refractivity contribution is 7.98. The lowest BCUT2D eigenvalue weighted by Gasteiger charge is -2.27. The van der Waals surface area contributed by atoms with E-state index in [-0.39, 0.29) is 5.82 Å². The number of rotatable bonds is 6. The van der Waals surface area contributed by atoms with Crippen molar-refractivity contribution in [1.82, 2.24) is 19.7 Å². The van der Waals surface area contributed by atoms with Gasteiger partial charge in [0, 0.05) is 35.2 Å². The van der Waals surface area contributed by atoms with Crippen LogP contribution in [0.3, 0.4) is 0 Å². The Labute approximate surface area is 185 Å². The Hall–Kier alpha value is -2.27. The number of anilines is 1. The molecule has 0 radical (unpaired) electrons. The number of ether oxygens (including phenoxy) is 1. The molecule has 0 amide bonds. The average Bonchev–Trinajstić information content (AvgIpc) is 3.53. The number of nitrogens with zero attached hydrogens (tertiary/aromatic N) is 5. The maximum atomic E-state index is 14.0. The number of thioether (sulfide) groups is 1. The first-order valence-corrected chi connectivity index (χ1v) is 12.2. The van der Waals surface area contributed by atoms with Crippen LogP contribution >= 0.6 is 34.4 Å². The molecular formula is C20H18FN5OS3. The third kappa shape index (κ3) is 4.13. The first kappa shape index (κ1) is 19.7. The molecule has 0 unspecified atom stereocenters. The number of thiophene rings is 1. The molecule has 1 aliphatic rings. The normalized spacial score (nSPS) is 14.4. The molecule has 1 saturated heterocycles. The third-order valence-corrected chi connectivity index (χ3v) is 7.23. The molecule has 5 rings (SSSR count). The van der Waals surface area contributed by atoms with Gasteiger partial charge in [-0.1, -0.05) is 17.8 Å². The lowest BCUT2D eigenvalue weighted by Crippen LogP contribution is -2.37. The van der Waals surface area contributed by atoms with Crippen LogP contribution in [0.25, 0.3) is 16.3 Å². The monoisotopic (exact) mass is 459 g/mol. The molecule has 4 aromatic rings. The minimum atomic E-state index is -0.287. The number of hydrogen-bond donors (Lipinski definition) is 0. The van der Waals surface area contributed by atoms with Gasteiger partial charge in [-0.2, -0.15) is 11.3 Å². The van der Waals surface area contributed by atoms with Crippen molar-refractivity contribution in [3.8, 4) is 16.3 Å². The molecule has 1 fully saturated rings. The molecule has 0 atom stereocenters. The van der Waals surface area contributed by atoms with Crippen molar-refractivity contribution in [2.24, 2.45) is 0 Å². The average molecular weight is 460 g/mol. The van der Waals surface area contributed by atoms with E-state index in [0.717, 1.165) is 29.4 Å².